The molecule has 0 spiro atoms. The van der Waals surface area contributed by atoms with Gasteiger partial charge in [0.05, 0.1) is 0 Å². The Morgan fingerprint density at radius 3 is 2.67 bits per heavy atom. The van der Waals surface area contributed by atoms with Crippen molar-refractivity contribution < 1.29 is 9.53 Å². The molecule has 1 aromatic carbocycles. The van der Waals surface area contributed by atoms with Crippen molar-refractivity contribution in [2.24, 2.45) is 0 Å². The van der Waals surface area contributed by atoms with Crippen LogP contribution in [0.5, 0.6) is 11.5 Å². The standard InChI is InChI=1S/C17H19N3O2.2ClH/c21-17(20-14-4-2-8-19-12-14)13-3-1-5-16(11-13)22-15-6-9-18-10-7-15;;/h1,3,5-7,9-11,14,19H,2,4,8,12H2,(H,20,21);2*1H/t14-;;/m0../s1. The number of piperidine rings is 1. The molecular weight excluding hydrogens is 349 g/mol. The van der Waals surface area contributed by atoms with E-state index in [2.05, 4.69) is 15.6 Å². The average Bonchev–Trinajstić information content (AvgIpc) is 2.57. The van der Waals surface area contributed by atoms with Gasteiger partial charge < -0.3 is 15.4 Å². The third kappa shape index (κ3) is 5.67. The van der Waals surface area contributed by atoms with E-state index in [4.69, 9.17) is 4.74 Å². The van der Waals surface area contributed by atoms with Crippen LogP contribution in [0.3, 0.4) is 0 Å². The number of benzene rings is 1. The Morgan fingerprint density at radius 1 is 1.17 bits per heavy atom. The molecule has 1 amide bonds. The van der Waals surface area contributed by atoms with E-state index in [0.29, 0.717) is 17.1 Å². The first-order chi connectivity index (χ1) is 10.8. The van der Waals surface area contributed by atoms with Gasteiger partial charge in [-0.2, -0.15) is 0 Å². The van der Waals surface area contributed by atoms with Crippen molar-refractivity contribution in [1.29, 1.82) is 0 Å². The maximum Gasteiger partial charge on any atom is 0.251 e. The normalized spacial score (nSPS) is 16.2. The molecule has 24 heavy (non-hydrogen) atoms. The summed E-state index contributed by atoms with van der Waals surface area (Å²) in [5.41, 5.74) is 0.608. The molecule has 0 saturated carbocycles. The van der Waals surface area contributed by atoms with Gasteiger partial charge in [-0.3, -0.25) is 9.78 Å². The molecule has 130 valence electrons. The van der Waals surface area contributed by atoms with Crippen LogP contribution in [0.15, 0.2) is 48.8 Å². The van der Waals surface area contributed by atoms with E-state index in [0.717, 1.165) is 25.9 Å². The van der Waals surface area contributed by atoms with Crippen LogP contribution in [0.2, 0.25) is 0 Å². The van der Waals surface area contributed by atoms with Gasteiger partial charge in [0.25, 0.3) is 5.91 Å². The van der Waals surface area contributed by atoms with Gasteiger partial charge in [-0.05, 0) is 49.7 Å². The van der Waals surface area contributed by atoms with Gasteiger partial charge in [0.15, 0.2) is 0 Å². The largest absolute Gasteiger partial charge is 0.457 e. The SMILES string of the molecule is Cl.Cl.O=C(N[C@H]1CCCNC1)c1cccc(Oc2ccncc2)c1. The van der Waals surface area contributed by atoms with E-state index in [1.807, 2.05) is 12.1 Å². The Hall–Kier alpha value is -1.82. The minimum Gasteiger partial charge on any atom is -0.457 e. The van der Waals surface area contributed by atoms with Crippen LogP contribution in [0.1, 0.15) is 23.2 Å². The Labute approximate surface area is 154 Å². The van der Waals surface area contributed by atoms with Crippen LogP contribution >= 0.6 is 24.8 Å². The Morgan fingerprint density at radius 2 is 1.96 bits per heavy atom. The summed E-state index contributed by atoms with van der Waals surface area (Å²) in [6.07, 6.45) is 5.45. The van der Waals surface area contributed by atoms with E-state index >= 15 is 0 Å². The molecule has 0 unspecified atom stereocenters. The second-order valence-electron chi connectivity index (χ2n) is 5.33. The lowest BCUT2D eigenvalue weighted by Crippen LogP contribution is -2.45. The first kappa shape index (κ1) is 20.2. The van der Waals surface area contributed by atoms with E-state index in [9.17, 15) is 4.79 Å². The van der Waals surface area contributed by atoms with Crippen LogP contribution in [-0.2, 0) is 0 Å². The molecule has 1 aliphatic rings. The van der Waals surface area contributed by atoms with Crippen LogP contribution in [0, 0.1) is 0 Å². The molecule has 7 heteroatoms. The zero-order valence-electron chi connectivity index (χ0n) is 13.1. The molecule has 5 nitrogen and oxygen atoms in total. The number of halogens is 2. The number of carbonyl (C=O) groups excluding carboxylic acids is 1. The molecule has 0 radical (unpaired) electrons. The minimum absolute atomic E-state index is 0. The van der Waals surface area contributed by atoms with E-state index in [1.165, 1.54) is 0 Å². The number of hydrogen-bond acceptors (Lipinski definition) is 4. The highest BCUT2D eigenvalue weighted by atomic mass is 35.5. The molecule has 1 aromatic heterocycles. The van der Waals surface area contributed by atoms with Crippen molar-refractivity contribution in [2.45, 2.75) is 18.9 Å². The Balaban J connectivity index is 0.00000144. The molecule has 3 rings (SSSR count). The summed E-state index contributed by atoms with van der Waals surface area (Å²) in [6.45, 7) is 1.86. The molecule has 2 heterocycles. The number of hydrogen-bond donors (Lipinski definition) is 2. The van der Waals surface area contributed by atoms with Crippen LogP contribution in [-0.4, -0.2) is 30.0 Å². The van der Waals surface area contributed by atoms with Gasteiger partial charge in [-0.15, -0.1) is 24.8 Å². The zero-order valence-corrected chi connectivity index (χ0v) is 14.7. The number of pyridine rings is 1. The molecule has 1 atom stereocenters. The number of rotatable bonds is 4. The molecule has 1 saturated heterocycles. The lowest BCUT2D eigenvalue weighted by molar-refractivity contribution is 0.0930. The topological polar surface area (TPSA) is 63.2 Å². The van der Waals surface area contributed by atoms with E-state index in [-0.39, 0.29) is 36.8 Å². The van der Waals surface area contributed by atoms with Crippen molar-refractivity contribution >= 4 is 30.7 Å². The third-order valence-corrected chi connectivity index (χ3v) is 3.61. The van der Waals surface area contributed by atoms with Gasteiger partial charge in [0.1, 0.15) is 11.5 Å². The van der Waals surface area contributed by atoms with Gasteiger partial charge in [-0.1, -0.05) is 6.07 Å². The second-order valence-corrected chi connectivity index (χ2v) is 5.33. The zero-order chi connectivity index (χ0) is 15.2. The lowest BCUT2D eigenvalue weighted by Gasteiger charge is -2.23. The number of aromatic nitrogens is 1. The third-order valence-electron chi connectivity index (χ3n) is 3.61. The summed E-state index contributed by atoms with van der Waals surface area (Å²) in [6, 6.07) is 11.0. The number of amides is 1. The molecule has 1 fully saturated rings. The molecule has 1 aliphatic heterocycles. The quantitative estimate of drug-likeness (QED) is 0.868. The predicted molar refractivity (Wildman–Crippen MR) is 98.6 cm³/mol. The lowest BCUT2D eigenvalue weighted by atomic mass is 10.1. The number of nitrogens with zero attached hydrogens (tertiary/aromatic N) is 1. The van der Waals surface area contributed by atoms with Crippen molar-refractivity contribution in [3.63, 3.8) is 0 Å². The summed E-state index contributed by atoms with van der Waals surface area (Å²) >= 11 is 0. The maximum atomic E-state index is 12.3. The molecule has 2 N–H and O–H groups in total. The average molecular weight is 370 g/mol. The van der Waals surface area contributed by atoms with Gasteiger partial charge in [-0.25, -0.2) is 0 Å². The summed E-state index contributed by atoms with van der Waals surface area (Å²) in [5.74, 6) is 1.28. The summed E-state index contributed by atoms with van der Waals surface area (Å²) < 4.78 is 5.73. The Bertz CT molecular complexity index is 635. The van der Waals surface area contributed by atoms with Gasteiger partial charge in [0, 0.05) is 30.5 Å². The number of ether oxygens (including phenoxy) is 1. The summed E-state index contributed by atoms with van der Waals surface area (Å²) in [4.78, 5) is 16.3. The predicted octanol–water partition coefficient (Wildman–Crippen LogP) is 3.20. The van der Waals surface area contributed by atoms with Crippen LogP contribution in [0.4, 0.5) is 0 Å². The monoisotopic (exact) mass is 369 g/mol. The molecule has 0 aliphatic carbocycles. The van der Waals surface area contributed by atoms with E-state index < -0.39 is 0 Å². The summed E-state index contributed by atoms with van der Waals surface area (Å²) in [7, 11) is 0. The number of nitrogens with one attached hydrogen (secondary N) is 2. The van der Waals surface area contributed by atoms with Crippen molar-refractivity contribution in [3.05, 3.63) is 54.4 Å². The minimum atomic E-state index is -0.0612. The molecule has 0 bridgehead atoms. The smallest absolute Gasteiger partial charge is 0.251 e. The number of carbonyl (C=O) groups is 1. The van der Waals surface area contributed by atoms with Crippen LogP contribution < -0.4 is 15.4 Å². The van der Waals surface area contributed by atoms with Crippen LogP contribution in [0.25, 0.3) is 0 Å². The van der Waals surface area contributed by atoms with E-state index in [1.54, 1.807) is 36.7 Å². The molecule has 2 aromatic rings. The van der Waals surface area contributed by atoms with Gasteiger partial charge in [0.2, 0.25) is 0 Å². The first-order valence-corrected chi connectivity index (χ1v) is 7.51. The fraction of sp³-hybridized carbons (Fsp3) is 0.294. The van der Waals surface area contributed by atoms with Gasteiger partial charge >= 0.3 is 0 Å². The first-order valence-electron chi connectivity index (χ1n) is 7.51. The van der Waals surface area contributed by atoms with Crippen molar-refractivity contribution in [1.82, 2.24) is 15.6 Å². The second kappa shape index (κ2) is 10.1. The molecular formula is C17H21Cl2N3O2. The van der Waals surface area contributed by atoms with Crippen molar-refractivity contribution in [2.75, 3.05) is 13.1 Å². The highest BCUT2D eigenvalue weighted by molar-refractivity contribution is 5.94. The van der Waals surface area contributed by atoms with Crippen molar-refractivity contribution in [3.8, 4) is 11.5 Å². The highest BCUT2D eigenvalue weighted by Crippen LogP contribution is 2.21. The fourth-order valence-electron chi connectivity index (χ4n) is 2.49. The Kier molecular flexibility index (Phi) is 8.54. The highest BCUT2D eigenvalue weighted by Gasteiger charge is 2.16. The fourth-order valence-corrected chi connectivity index (χ4v) is 2.49. The maximum absolute atomic E-state index is 12.3. The summed E-state index contributed by atoms with van der Waals surface area (Å²) in [5, 5.41) is 6.35.